The molecule has 3 aliphatic rings. The first-order chi connectivity index (χ1) is 28.7. The largest absolute Gasteiger partial charge is 0.387 e. The normalized spacial score (nSPS) is 18.4. The average molecular weight is 798 g/mol. The van der Waals surface area contributed by atoms with Crippen LogP contribution in [0.3, 0.4) is 0 Å². The van der Waals surface area contributed by atoms with Crippen molar-refractivity contribution in [1.82, 2.24) is 43.7 Å². The van der Waals surface area contributed by atoms with Crippen molar-refractivity contribution in [3.63, 3.8) is 0 Å². The number of imide groups is 1. The molecule has 2 amide bonds. The molecule has 6 heterocycles. The van der Waals surface area contributed by atoms with Crippen LogP contribution in [0.5, 0.6) is 0 Å². The molecule has 2 fully saturated rings. The summed E-state index contributed by atoms with van der Waals surface area (Å²) in [5.74, 6) is 0.118. The van der Waals surface area contributed by atoms with E-state index in [1.807, 2.05) is 36.4 Å². The van der Waals surface area contributed by atoms with Crippen LogP contribution >= 0.6 is 0 Å². The number of imidazole rings is 1. The lowest BCUT2D eigenvalue weighted by Gasteiger charge is -2.36. The van der Waals surface area contributed by atoms with Gasteiger partial charge < -0.3 is 15.3 Å². The molecule has 0 saturated carbocycles. The summed E-state index contributed by atoms with van der Waals surface area (Å²) < 4.78 is 6.38. The van der Waals surface area contributed by atoms with E-state index in [9.17, 15) is 24.3 Å². The number of piperazine rings is 1. The van der Waals surface area contributed by atoms with Crippen LogP contribution in [0.2, 0.25) is 0 Å². The zero-order valence-corrected chi connectivity index (χ0v) is 33.0. The van der Waals surface area contributed by atoms with Crippen molar-refractivity contribution in [2.45, 2.75) is 63.6 Å². The van der Waals surface area contributed by atoms with Crippen molar-refractivity contribution in [1.29, 1.82) is 0 Å². The number of nitrogens with one attached hydrogen (secondary N) is 2. The number of amides is 2. The highest BCUT2D eigenvalue weighted by atomic mass is 16.3. The maximum absolute atomic E-state index is 13.4. The van der Waals surface area contributed by atoms with Gasteiger partial charge in [-0.1, -0.05) is 24.3 Å². The van der Waals surface area contributed by atoms with E-state index in [1.54, 1.807) is 26.9 Å². The topological polar surface area (TPSA) is 177 Å². The van der Waals surface area contributed by atoms with Crippen molar-refractivity contribution in [2.24, 2.45) is 7.05 Å². The minimum Gasteiger partial charge on any atom is -0.387 e. The number of anilines is 3. The predicted molar refractivity (Wildman–Crippen MR) is 224 cm³/mol. The summed E-state index contributed by atoms with van der Waals surface area (Å²) in [5, 5.41) is 16.5. The van der Waals surface area contributed by atoms with Crippen molar-refractivity contribution in [3.8, 4) is 5.82 Å². The highest BCUT2D eigenvalue weighted by Gasteiger charge is 2.32. The van der Waals surface area contributed by atoms with Crippen LogP contribution in [0.25, 0.3) is 27.9 Å². The van der Waals surface area contributed by atoms with Crippen LogP contribution in [0.15, 0.2) is 83.0 Å². The highest BCUT2D eigenvalue weighted by molar-refractivity contribution is 6.00. The molecule has 304 valence electrons. The van der Waals surface area contributed by atoms with E-state index in [0.717, 1.165) is 91.9 Å². The number of allylic oxidation sites excluding steroid dienone is 1. The SMILES string of the molecule is C=CCn1c(=O)c2cnc(Nc3ccc(N4CCN(CCCCc5cccc6c5n(C)c(=O)n6C5CCC(=O)NC5=O)CC4)cc3)nc2n1-c1ccc2c(n1)C(O)CC2. The maximum Gasteiger partial charge on any atom is 0.329 e. The Morgan fingerprint density at radius 3 is 2.54 bits per heavy atom. The third kappa shape index (κ3) is 7.12. The fourth-order valence-corrected chi connectivity index (χ4v) is 8.86. The number of aromatic nitrogens is 7. The molecule has 2 aliphatic heterocycles. The van der Waals surface area contributed by atoms with E-state index in [1.165, 1.54) is 10.9 Å². The van der Waals surface area contributed by atoms with E-state index in [2.05, 4.69) is 50.2 Å². The minimum atomic E-state index is -0.690. The van der Waals surface area contributed by atoms with Gasteiger partial charge in [0.1, 0.15) is 11.4 Å². The number of aryl methyl sites for hydroxylation is 3. The third-order valence-corrected chi connectivity index (χ3v) is 11.9. The zero-order valence-electron chi connectivity index (χ0n) is 33.0. The summed E-state index contributed by atoms with van der Waals surface area (Å²) in [6.45, 7) is 8.81. The number of benzene rings is 2. The Morgan fingerprint density at radius 2 is 1.76 bits per heavy atom. The molecule has 0 bridgehead atoms. The standard InChI is InChI=1S/C43H47N11O5/c1-3-20-52-41(58)31-26-44-42(48-39(31)54(52)35-18-11-27-10-17-34(55)37(27)46-35)45-29-12-14-30(15-13-29)51-24-22-50(23-25-51)21-5-4-7-28-8-6-9-32-38(28)49(2)43(59)53(32)33-16-19-36(56)47-40(33)57/h3,6,8-9,11-15,18,26,33-34,55H,1,4-5,7,10,16-17,19-25H2,2H3,(H,44,45,48)(H,47,56,57). The smallest absolute Gasteiger partial charge is 0.329 e. The number of carbonyl (C=O) groups excluding carboxylic acids is 2. The lowest BCUT2D eigenvalue weighted by atomic mass is 10.0. The molecule has 59 heavy (non-hydrogen) atoms. The van der Waals surface area contributed by atoms with Crippen molar-refractivity contribution in [2.75, 3.05) is 42.9 Å². The molecule has 16 heteroatoms. The van der Waals surface area contributed by atoms with Crippen molar-refractivity contribution in [3.05, 3.63) is 111 Å². The lowest BCUT2D eigenvalue weighted by Crippen LogP contribution is -2.46. The number of piperidine rings is 1. The van der Waals surface area contributed by atoms with Crippen LogP contribution in [0, 0.1) is 0 Å². The van der Waals surface area contributed by atoms with Gasteiger partial charge in [0.2, 0.25) is 17.8 Å². The molecule has 1 aliphatic carbocycles. The van der Waals surface area contributed by atoms with E-state index in [-0.39, 0.29) is 30.1 Å². The van der Waals surface area contributed by atoms with Crippen LogP contribution < -0.4 is 26.8 Å². The van der Waals surface area contributed by atoms with Gasteiger partial charge in [0.05, 0.1) is 29.4 Å². The molecule has 0 radical (unpaired) electrons. The summed E-state index contributed by atoms with van der Waals surface area (Å²) in [4.78, 5) is 69.9. The van der Waals surface area contributed by atoms with Gasteiger partial charge in [0.15, 0.2) is 11.5 Å². The van der Waals surface area contributed by atoms with Gasteiger partial charge in [-0.15, -0.1) is 6.58 Å². The number of hydrogen-bond donors (Lipinski definition) is 3. The first kappa shape index (κ1) is 38.1. The van der Waals surface area contributed by atoms with Crippen molar-refractivity contribution < 1.29 is 14.7 Å². The number of pyridine rings is 1. The van der Waals surface area contributed by atoms with Gasteiger partial charge in [0.25, 0.3) is 5.56 Å². The van der Waals surface area contributed by atoms with E-state index >= 15 is 0 Å². The number of fused-ring (bicyclic) bond motifs is 3. The number of carbonyl (C=O) groups is 2. The Morgan fingerprint density at radius 1 is 0.949 bits per heavy atom. The average Bonchev–Trinajstić information content (AvgIpc) is 3.84. The summed E-state index contributed by atoms with van der Waals surface area (Å²) in [6.07, 6.45) is 7.29. The van der Waals surface area contributed by atoms with Gasteiger partial charge in [-0.2, -0.15) is 4.98 Å². The van der Waals surface area contributed by atoms with Crippen LogP contribution in [0.1, 0.15) is 61.1 Å². The fourth-order valence-electron chi connectivity index (χ4n) is 8.86. The molecular formula is C43H47N11O5. The van der Waals surface area contributed by atoms with Gasteiger partial charge in [0, 0.05) is 57.2 Å². The number of aliphatic hydroxyl groups excluding tert-OH is 1. The molecule has 2 atom stereocenters. The first-order valence-corrected chi connectivity index (χ1v) is 20.3. The maximum atomic E-state index is 13.4. The Kier molecular flexibility index (Phi) is 10.2. The van der Waals surface area contributed by atoms with Crippen molar-refractivity contribution >= 4 is 51.2 Å². The molecule has 9 rings (SSSR count). The minimum absolute atomic E-state index is 0.217. The quantitative estimate of drug-likeness (QED) is 0.0936. The summed E-state index contributed by atoms with van der Waals surface area (Å²) >= 11 is 0. The van der Waals surface area contributed by atoms with Gasteiger partial charge in [-0.05, 0) is 92.6 Å². The van der Waals surface area contributed by atoms with Crippen LogP contribution in [-0.4, -0.2) is 88.0 Å². The van der Waals surface area contributed by atoms with Crippen LogP contribution in [0.4, 0.5) is 17.3 Å². The molecule has 16 nitrogen and oxygen atoms in total. The molecule has 3 N–H and O–H groups in total. The third-order valence-electron chi connectivity index (χ3n) is 11.9. The number of unbranched alkanes of at least 4 members (excludes halogenated alkanes) is 1. The Balaban J connectivity index is 0.805. The number of para-hydroxylation sites is 1. The molecule has 2 aromatic carbocycles. The second-order valence-corrected chi connectivity index (χ2v) is 15.6. The number of hydrogen-bond acceptors (Lipinski definition) is 11. The molecule has 6 aromatic rings. The molecular weight excluding hydrogens is 751 g/mol. The Bertz CT molecular complexity index is 2720. The van der Waals surface area contributed by atoms with Crippen LogP contribution in [-0.2, 0) is 36.0 Å². The second-order valence-electron chi connectivity index (χ2n) is 15.6. The fraction of sp³-hybridized carbons (Fsp3) is 0.372. The highest BCUT2D eigenvalue weighted by Crippen LogP contribution is 2.31. The van der Waals surface area contributed by atoms with Gasteiger partial charge >= 0.3 is 5.69 Å². The Hall–Kier alpha value is -6.39. The first-order valence-electron chi connectivity index (χ1n) is 20.3. The molecule has 2 saturated heterocycles. The predicted octanol–water partition coefficient (Wildman–Crippen LogP) is 3.66. The monoisotopic (exact) mass is 797 g/mol. The van der Waals surface area contributed by atoms with E-state index in [0.29, 0.717) is 41.3 Å². The lowest BCUT2D eigenvalue weighted by molar-refractivity contribution is -0.135. The molecule has 0 spiro atoms. The number of rotatable bonds is 12. The van der Waals surface area contributed by atoms with E-state index < -0.39 is 18.1 Å². The number of aliphatic hydroxyl groups is 1. The van der Waals surface area contributed by atoms with Gasteiger partial charge in [-0.3, -0.25) is 33.7 Å². The van der Waals surface area contributed by atoms with Gasteiger partial charge in [-0.25, -0.2) is 24.1 Å². The molecule has 2 unspecified atom stereocenters. The summed E-state index contributed by atoms with van der Waals surface area (Å²) in [6, 6.07) is 17.2. The summed E-state index contributed by atoms with van der Waals surface area (Å²) in [7, 11) is 1.75. The second kappa shape index (κ2) is 15.8. The van der Waals surface area contributed by atoms with E-state index in [4.69, 9.17) is 9.97 Å². The Labute approximate surface area is 339 Å². The summed E-state index contributed by atoms with van der Waals surface area (Å²) in [5.41, 5.74) is 6.17. The number of nitrogens with zero attached hydrogens (tertiary/aromatic N) is 9. The zero-order chi connectivity index (χ0) is 40.8. The molecule has 4 aromatic heterocycles.